The minimum absolute atomic E-state index is 0.227. The third kappa shape index (κ3) is 3.18. The Balaban J connectivity index is 2.27. The van der Waals surface area contributed by atoms with Crippen molar-refractivity contribution >= 4 is 11.3 Å². The highest BCUT2D eigenvalue weighted by molar-refractivity contribution is 7.10. The highest BCUT2D eigenvalue weighted by Crippen LogP contribution is 2.41. The molecule has 1 aliphatic carbocycles. The van der Waals surface area contributed by atoms with Crippen molar-refractivity contribution in [2.24, 2.45) is 5.41 Å². The minimum Gasteiger partial charge on any atom is -0.380 e. The number of hydrogen-bond acceptors (Lipinski definition) is 2. The first-order valence-corrected chi connectivity index (χ1v) is 7.87. The Morgan fingerprint density at radius 3 is 2.74 bits per heavy atom. The average molecular weight is 276 g/mol. The maximum Gasteiger partial charge on any atom is 0.114 e. The second kappa shape index (κ2) is 5.26. The van der Waals surface area contributed by atoms with E-state index in [0.717, 1.165) is 4.88 Å². The number of aliphatic hydroxyl groups is 1. The second-order valence-corrected chi connectivity index (χ2v) is 7.34. The fraction of sp³-hybridized carbons (Fsp3) is 0.529. The van der Waals surface area contributed by atoms with Crippen LogP contribution >= 0.6 is 11.3 Å². The van der Waals surface area contributed by atoms with Gasteiger partial charge in [-0.1, -0.05) is 31.6 Å². The van der Waals surface area contributed by atoms with E-state index in [1.54, 1.807) is 11.3 Å². The fourth-order valence-electron chi connectivity index (χ4n) is 2.90. The predicted molar refractivity (Wildman–Crippen MR) is 83.4 cm³/mol. The quantitative estimate of drug-likeness (QED) is 0.820. The Bertz CT molecular complexity index is 489. The zero-order chi connectivity index (χ0) is 14.1. The summed E-state index contributed by atoms with van der Waals surface area (Å²) in [4.78, 5) is 0.996. The maximum absolute atomic E-state index is 10.6. The Kier molecular flexibility index (Phi) is 4.03. The lowest BCUT2D eigenvalue weighted by atomic mass is 9.72. The maximum atomic E-state index is 10.6. The van der Waals surface area contributed by atoms with Crippen molar-refractivity contribution < 1.29 is 5.11 Å². The van der Waals surface area contributed by atoms with Crippen LogP contribution in [0.1, 0.15) is 51.8 Å². The molecule has 2 heteroatoms. The summed E-state index contributed by atoms with van der Waals surface area (Å²) < 4.78 is 0. The van der Waals surface area contributed by atoms with Gasteiger partial charge in [-0.25, -0.2) is 0 Å². The second-order valence-electron chi connectivity index (χ2n) is 6.39. The highest BCUT2D eigenvalue weighted by atomic mass is 32.1. The van der Waals surface area contributed by atoms with Crippen LogP contribution in [0.25, 0.3) is 0 Å². The summed E-state index contributed by atoms with van der Waals surface area (Å²) >= 11 is 1.60. The van der Waals surface area contributed by atoms with Crippen LogP contribution in [0.5, 0.6) is 0 Å². The smallest absolute Gasteiger partial charge is 0.114 e. The van der Waals surface area contributed by atoms with Crippen LogP contribution in [0, 0.1) is 5.41 Å². The van der Waals surface area contributed by atoms with Gasteiger partial charge in [0.25, 0.3) is 0 Å². The average Bonchev–Trinajstić information content (AvgIpc) is 2.81. The molecule has 1 nitrogen and oxygen atoms in total. The van der Waals surface area contributed by atoms with Crippen molar-refractivity contribution in [2.45, 2.75) is 52.6 Å². The van der Waals surface area contributed by atoms with Crippen LogP contribution in [-0.4, -0.2) is 5.11 Å². The lowest BCUT2D eigenvalue weighted by molar-refractivity contribution is 0.115. The van der Waals surface area contributed by atoms with Crippen molar-refractivity contribution in [3.8, 4) is 0 Å². The minimum atomic E-state index is -0.866. The molecule has 0 saturated heterocycles. The van der Waals surface area contributed by atoms with Crippen molar-refractivity contribution in [3.05, 3.63) is 45.7 Å². The predicted octanol–water partition coefficient (Wildman–Crippen LogP) is 5.04. The first-order chi connectivity index (χ1) is 8.83. The van der Waals surface area contributed by atoms with Gasteiger partial charge in [0, 0.05) is 4.88 Å². The molecule has 1 aromatic rings. The van der Waals surface area contributed by atoms with Crippen LogP contribution < -0.4 is 0 Å². The zero-order valence-electron chi connectivity index (χ0n) is 12.4. The molecule has 1 unspecified atom stereocenters. The number of allylic oxidation sites excluding steroid dienone is 3. The molecule has 1 aromatic heterocycles. The third-order valence-corrected chi connectivity index (χ3v) is 5.23. The van der Waals surface area contributed by atoms with Crippen LogP contribution in [0.4, 0.5) is 0 Å². The molecule has 1 aliphatic rings. The summed E-state index contributed by atoms with van der Waals surface area (Å²) in [5.74, 6) is 0. The van der Waals surface area contributed by atoms with E-state index in [1.165, 1.54) is 30.4 Å². The van der Waals surface area contributed by atoms with Crippen molar-refractivity contribution in [3.63, 3.8) is 0 Å². The van der Waals surface area contributed by atoms with Gasteiger partial charge in [0.15, 0.2) is 0 Å². The largest absolute Gasteiger partial charge is 0.380 e. The first kappa shape index (κ1) is 14.5. The molecule has 1 N–H and O–H groups in total. The van der Waals surface area contributed by atoms with Crippen LogP contribution in [0.2, 0.25) is 0 Å². The van der Waals surface area contributed by atoms with Gasteiger partial charge in [0.05, 0.1) is 0 Å². The standard InChI is InChI=1S/C17H24OS/c1-13-7-5-10-16(2,3)14(13)9-11-17(4,18)15-8-6-12-19-15/h6,8-9,11-12,18H,5,7,10H2,1-4H3/b11-9+. The summed E-state index contributed by atoms with van der Waals surface area (Å²) in [5, 5.41) is 12.6. The molecule has 0 spiro atoms. The van der Waals surface area contributed by atoms with Crippen LogP contribution in [0.15, 0.2) is 40.8 Å². The summed E-state index contributed by atoms with van der Waals surface area (Å²) in [6.07, 6.45) is 7.78. The molecular formula is C17H24OS. The lowest BCUT2D eigenvalue weighted by Crippen LogP contribution is -2.21. The van der Waals surface area contributed by atoms with Gasteiger partial charge < -0.3 is 5.11 Å². The Morgan fingerprint density at radius 2 is 2.16 bits per heavy atom. The number of thiophene rings is 1. The fourth-order valence-corrected chi connectivity index (χ4v) is 3.67. The molecule has 19 heavy (non-hydrogen) atoms. The third-order valence-electron chi connectivity index (χ3n) is 4.14. The molecule has 1 atom stereocenters. The number of rotatable bonds is 3. The van der Waals surface area contributed by atoms with Gasteiger partial charge in [-0.2, -0.15) is 0 Å². The summed E-state index contributed by atoms with van der Waals surface area (Å²) in [6.45, 7) is 8.69. The Hall–Kier alpha value is -0.860. The summed E-state index contributed by atoms with van der Waals surface area (Å²) in [7, 11) is 0. The topological polar surface area (TPSA) is 20.2 Å². The molecular weight excluding hydrogens is 252 g/mol. The van der Waals surface area contributed by atoms with E-state index in [9.17, 15) is 5.11 Å². The van der Waals surface area contributed by atoms with Crippen molar-refractivity contribution in [1.82, 2.24) is 0 Å². The van der Waals surface area contributed by atoms with Crippen LogP contribution in [-0.2, 0) is 5.60 Å². The molecule has 0 bridgehead atoms. The van der Waals surface area contributed by atoms with E-state index in [4.69, 9.17) is 0 Å². The monoisotopic (exact) mass is 276 g/mol. The molecule has 0 radical (unpaired) electrons. The molecule has 104 valence electrons. The molecule has 0 aliphatic heterocycles. The highest BCUT2D eigenvalue weighted by Gasteiger charge is 2.28. The van der Waals surface area contributed by atoms with E-state index < -0.39 is 5.60 Å². The van der Waals surface area contributed by atoms with E-state index in [2.05, 4.69) is 26.8 Å². The first-order valence-electron chi connectivity index (χ1n) is 6.99. The zero-order valence-corrected chi connectivity index (χ0v) is 13.2. The van der Waals surface area contributed by atoms with Gasteiger partial charge in [0.2, 0.25) is 0 Å². The Morgan fingerprint density at radius 1 is 1.42 bits per heavy atom. The molecule has 0 fully saturated rings. The van der Waals surface area contributed by atoms with Gasteiger partial charge in [-0.05, 0) is 61.6 Å². The van der Waals surface area contributed by atoms with Gasteiger partial charge in [-0.15, -0.1) is 11.3 Å². The van der Waals surface area contributed by atoms with E-state index in [1.807, 2.05) is 30.5 Å². The molecule has 0 aromatic carbocycles. The van der Waals surface area contributed by atoms with E-state index in [0.29, 0.717) is 0 Å². The van der Waals surface area contributed by atoms with E-state index in [-0.39, 0.29) is 5.41 Å². The molecule has 0 amide bonds. The van der Waals surface area contributed by atoms with Crippen molar-refractivity contribution in [2.75, 3.05) is 0 Å². The van der Waals surface area contributed by atoms with Gasteiger partial charge >= 0.3 is 0 Å². The van der Waals surface area contributed by atoms with E-state index >= 15 is 0 Å². The summed E-state index contributed by atoms with van der Waals surface area (Å²) in [5.41, 5.74) is 2.23. The van der Waals surface area contributed by atoms with Gasteiger partial charge in [-0.3, -0.25) is 0 Å². The molecule has 1 heterocycles. The molecule has 0 saturated carbocycles. The normalized spacial score (nSPS) is 22.8. The lowest BCUT2D eigenvalue weighted by Gasteiger charge is -2.33. The Labute approximate surface area is 120 Å². The van der Waals surface area contributed by atoms with Crippen molar-refractivity contribution in [1.29, 1.82) is 0 Å². The SMILES string of the molecule is CC1=C(/C=C/C(C)(O)c2cccs2)C(C)(C)CCC1. The molecule has 2 rings (SSSR count). The summed E-state index contributed by atoms with van der Waals surface area (Å²) in [6, 6.07) is 3.97. The van der Waals surface area contributed by atoms with Gasteiger partial charge in [0.1, 0.15) is 5.60 Å². The van der Waals surface area contributed by atoms with Crippen LogP contribution in [0.3, 0.4) is 0 Å². The number of hydrogen-bond donors (Lipinski definition) is 1.